The molecule has 0 aliphatic carbocycles. The highest BCUT2D eigenvalue weighted by Crippen LogP contribution is 2.29. The number of aliphatic imine (C=N–C) groups is 2. The van der Waals surface area contributed by atoms with Crippen molar-refractivity contribution < 1.29 is 24.9 Å². The molecule has 0 radical (unpaired) electrons. The Morgan fingerprint density at radius 2 is 1.60 bits per heavy atom. The van der Waals surface area contributed by atoms with E-state index in [1.807, 2.05) is 0 Å². The van der Waals surface area contributed by atoms with Crippen LogP contribution < -0.4 is 0 Å². The summed E-state index contributed by atoms with van der Waals surface area (Å²) in [5, 5.41) is 26.9. The van der Waals surface area contributed by atoms with E-state index in [4.69, 9.17) is 15.3 Å². The van der Waals surface area contributed by atoms with Crippen molar-refractivity contribution in [1.82, 2.24) is 0 Å². The van der Waals surface area contributed by atoms with Crippen LogP contribution in [0.5, 0.6) is 0 Å². The second-order valence-corrected chi connectivity index (χ2v) is 2.96. The third-order valence-electron chi connectivity index (χ3n) is 1.88. The summed E-state index contributed by atoms with van der Waals surface area (Å²) in [6.45, 7) is 1.79. The number of nitrogens with zero attached hydrogens (tertiary/aromatic N) is 2. The van der Waals surface area contributed by atoms with Crippen LogP contribution in [0, 0.1) is 0 Å². The zero-order chi connectivity index (χ0) is 11.9. The fourth-order valence-corrected chi connectivity index (χ4v) is 1.03. The van der Waals surface area contributed by atoms with Gasteiger partial charge in [0.05, 0.1) is 0 Å². The van der Waals surface area contributed by atoms with Gasteiger partial charge in [-0.3, -0.25) is 0 Å². The van der Waals surface area contributed by atoms with Gasteiger partial charge in [0, 0.05) is 6.42 Å². The standard InChI is InChI=1S/C8H12N2O5/c1-2-3-4-7(9-5-11,10-6-12)8(13,14)15/h13-15H,2-4H2,1H3. The number of carbonyl (C=O) groups excluding carboxylic acids is 2. The van der Waals surface area contributed by atoms with Gasteiger partial charge in [-0.05, 0) is 6.42 Å². The van der Waals surface area contributed by atoms with Crippen molar-refractivity contribution >= 4 is 12.2 Å². The van der Waals surface area contributed by atoms with Gasteiger partial charge in [-0.1, -0.05) is 13.3 Å². The lowest BCUT2D eigenvalue weighted by Gasteiger charge is -2.30. The highest BCUT2D eigenvalue weighted by Gasteiger charge is 2.49. The van der Waals surface area contributed by atoms with Crippen LogP contribution >= 0.6 is 0 Å². The number of aliphatic hydroxyl groups is 3. The molecule has 0 rings (SSSR count). The van der Waals surface area contributed by atoms with Gasteiger partial charge < -0.3 is 15.3 Å². The summed E-state index contributed by atoms with van der Waals surface area (Å²) in [6, 6.07) is 0. The van der Waals surface area contributed by atoms with Gasteiger partial charge in [-0.25, -0.2) is 9.59 Å². The quantitative estimate of drug-likeness (QED) is 0.304. The van der Waals surface area contributed by atoms with Crippen molar-refractivity contribution in [3.8, 4) is 0 Å². The molecule has 0 fully saturated rings. The van der Waals surface area contributed by atoms with Crippen LogP contribution in [-0.4, -0.2) is 39.1 Å². The fraction of sp³-hybridized carbons (Fsp3) is 0.750. The summed E-state index contributed by atoms with van der Waals surface area (Å²) in [7, 11) is 0. The van der Waals surface area contributed by atoms with Crippen LogP contribution in [0.2, 0.25) is 0 Å². The van der Waals surface area contributed by atoms with E-state index in [0.29, 0.717) is 12.8 Å². The Morgan fingerprint density at radius 1 is 1.13 bits per heavy atom. The summed E-state index contributed by atoms with van der Waals surface area (Å²) < 4.78 is 0. The van der Waals surface area contributed by atoms with Crippen LogP contribution in [0.25, 0.3) is 0 Å². The molecule has 0 unspecified atom stereocenters. The van der Waals surface area contributed by atoms with Crippen molar-refractivity contribution in [2.45, 2.75) is 37.8 Å². The maximum atomic E-state index is 10.1. The van der Waals surface area contributed by atoms with Gasteiger partial charge in [0.1, 0.15) is 0 Å². The highest BCUT2D eigenvalue weighted by atomic mass is 16.7. The van der Waals surface area contributed by atoms with Crippen LogP contribution in [0.1, 0.15) is 26.2 Å². The Bertz CT molecular complexity index is 279. The Balaban J connectivity index is 5.26. The van der Waals surface area contributed by atoms with Crippen molar-refractivity contribution in [1.29, 1.82) is 0 Å². The van der Waals surface area contributed by atoms with Gasteiger partial charge in [0.2, 0.25) is 12.2 Å². The highest BCUT2D eigenvalue weighted by molar-refractivity contribution is 5.39. The summed E-state index contributed by atoms with van der Waals surface area (Å²) in [6.07, 6.45) is 2.88. The van der Waals surface area contributed by atoms with Crippen molar-refractivity contribution in [2.24, 2.45) is 9.98 Å². The molecular formula is C8H12N2O5. The second kappa shape index (κ2) is 5.50. The van der Waals surface area contributed by atoms with Crippen molar-refractivity contribution in [3.63, 3.8) is 0 Å². The van der Waals surface area contributed by atoms with Gasteiger partial charge in [0.15, 0.2) is 0 Å². The maximum absolute atomic E-state index is 10.1. The molecule has 0 saturated heterocycles. The topological polar surface area (TPSA) is 120 Å². The molecule has 0 aromatic carbocycles. The first-order valence-electron chi connectivity index (χ1n) is 4.28. The molecule has 0 atom stereocenters. The zero-order valence-corrected chi connectivity index (χ0v) is 8.17. The molecule has 0 heterocycles. The maximum Gasteiger partial charge on any atom is 0.325 e. The Hall–Kier alpha value is -1.36. The van der Waals surface area contributed by atoms with E-state index in [1.54, 1.807) is 6.92 Å². The first-order chi connectivity index (χ1) is 6.93. The molecule has 0 saturated carbocycles. The van der Waals surface area contributed by atoms with Crippen molar-refractivity contribution in [3.05, 3.63) is 0 Å². The molecule has 3 N–H and O–H groups in total. The second-order valence-electron chi connectivity index (χ2n) is 2.96. The number of isocyanates is 2. The van der Waals surface area contributed by atoms with Crippen LogP contribution in [-0.2, 0) is 9.59 Å². The van der Waals surface area contributed by atoms with E-state index in [2.05, 4.69) is 9.98 Å². The largest absolute Gasteiger partial charge is 0.340 e. The Morgan fingerprint density at radius 3 is 1.87 bits per heavy atom. The van der Waals surface area contributed by atoms with Crippen LogP contribution in [0.3, 0.4) is 0 Å². The fourth-order valence-electron chi connectivity index (χ4n) is 1.03. The lowest BCUT2D eigenvalue weighted by molar-refractivity contribution is -0.347. The van der Waals surface area contributed by atoms with Crippen LogP contribution in [0.15, 0.2) is 9.98 Å². The third-order valence-corrected chi connectivity index (χ3v) is 1.88. The Labute approximate surface area is 85.8 Å². The smallest absolute Gasteiger partial charge is 0.325 e. The van der Waals surface area contributed by atoms with Gasteiger partial charge >= 0.3 is 5.97 Å². The first kappa shape index (κ1) is 13.6. The first-order valence-corrected chi connectivity index (χ1v) is 4.28. The molecule has 0 aromatic heterocycles. The zero-order valence-electron chi connectivity index (χ0n) is 8.17. The number of rotatable bonds is 6. The number of unbranched alkanes of at least 4 members (excludes halogenated alkanes) is 1. The summed E-state index contributed by atoms with van der Waals surface area (Å²) in [5.74, 6) is -3.39. The molecule has 0 aliphatic rings. The third kappa shape index (κ3) is 3.36. The minimum atomic E-state index is -3.39. The summed E-state index contributed by atoms with van der Waals surface area (Å²) in [4.78, 5) is 26.1. The van der Waals surface area contributed by atoms with Crippen LogP contribution in [0.4, 0.5) is 0 Å². The minimum Gasteiger partial charge on any atom is -0.340 e. The molecule has 7 nitrogen and oxygen atoms in total. The molecular weight excluding hydrogens is 204 g/mol. The van der Waals surface area contributed by atoms with Gasteiger partial charge in [-0.2, -0.15) is 9.98 Å². The molecule has 7 heteroatoms. The van der Waals surface area contributed by atoms with Gasteiger partial charge in [0.25, 0.3) is 5.66 Å². The van der Waals surface area contributed by atoms with E-state index < -0.39 is 11.6 Å². The summed E-state index contributed by atoms with van der Waals surface area (Å²) >= 11 is 0. The normalized spacial score (nSPS) is 14.7. The minimum absolute atomic E-state index is 0.183. The Kier molecular flexibility index (Phi) is 5.00. The van der Waals surface area contributed by atoms with E-state index in [-0.39, 0.29) is 6.42 Å². The molecule has 0 spiro atoms. The van der Waals surface area contributed by atoms with Crippen molar-refractivity contribution in [2.75, 3.05) is 0 Å². The molecule has 0 bridgehead atoms. The van der Waals surface area contributed by atoms with E-state index in [1.165, 1.54) is 0 Å². The molecule has 0 amide bonds. The molecule has 84 valence electrons. The average Bonchev–Trinajstić information content (AvgIpc) is 2.13. The predicted octanol–water partition coefficient (Wildman–Crippen LogP) is -0.825. The van der Waals surface area contributed by atoms with E-state index in [9.17, 15) is 9.59 Å². The average molecular weight is 216 g/mol. The lowest BCUT2D eigenvalue weighted by atomic mass is 10.0. The number of hydrogen-bond donors (Lipinski definition) is 3. The molecule has 0 aliphatic heterocycles. The number of hydrogen-bond acceptors (Lipinski definition) is 7. The molecule has 15 heavy (non-hydrogen) atoms. The SMILES string of the molecule is CCCCC(N=C=O)(N=C=O)C(O)(O)O. The summed E-state index contributed by atoms with van der Waals surface area (Å²) in [5.41, 5.74) is -2.34. The lowest BCUT2D eigenvalue weighted by Crippen LogP contribution is -2.51. The van der Waals surface area contributed by atoms with E-state index in [0.717, 1.165) is 12.2 Å². The monoisotopic (exact) mass is 216 g/mol. The van der Waals surface area contributed by atoms with Gasteiger partial charge in [-0.15, -0.1) is 0 Å². The predicted molar refractivity (Wildman–Crippen MR) is 47.9 cm³/mol. The molecule has 0 aromatic rings. The van der Waals surface area contributed by atoms with E-state index >= 15 is 0 Å².